The molecule has 6 nitrogen and oxygen atoms in total. The van der Waals surface area contributed by atoms with Gasteiger partial charge in [-0.05, 0) is 50.6 Å². The van der Waals surface area contributed by atoms with E-state index >= 15 is 0 Å². The third-order valence-corrected chi connectivity index (χ3v) is 8.31. The second-order valence-corrected chi connectivity index (χ2v) is 10.3. The van der Waals surface area contributed by atoms with Gasteiger partial charge in [0.1, 0.15) is 0 Å². The molecule has 0 saturated carbocycles. The van der Waals surface area contributed by atoms with Gasteiger partial charge in [-0.15, -0.1) is 23.5 Å². The van der Waals surface area contributed by atoms with Crippen LogP contribution in [0.5, 0.6) is 0 Å². The molecular weight excluding hydrogens is 442 g/mol. The molecule has 2 aromatic carbocycles. The molecule has 3 aromatic rings. The first-order chi connectivity index (χ1) is 15.4. The molecule has 2 heterocycles. The van der Waals surface area contributed by atoms with Gasteiger partial charge >= 0.3 is 5.97 Å². The summed E-state index contributed by atoms with van der Waals surface area (Å²) in [6.07, 6.45) is 0. The maximum absolute atomic E-state index is 12.4. The summed E-state index contributed by atoms with van der Waals surface area (Å²) in [7, 11) is 0. The molecule has 8 heteroatoms. The molecule has 32 heavy (non-hydrogen) atoms. The highest BCUT2D eigenvalue weighted by atomic mass is 32.2. The van der Waals surface area contributed by atoms with Crippen molar-refractivity contribution in [2.75, 3.05) is 23.4 Å². The smallest absolute Gasteiger partial charge is 0.338 e. The van der Waals surface area contributed by atoms with Crippen molar-refractivity contribution >= 4 is 41.1 Å². The number of rotatable bonds is 6. The third kappa shape index (κ3) is 5.02. The summed E-state index contributed by atoms with van der Waals surface area (Å²) in [4.78, 5) is 24.8. The fourth-order valence-corrected chi connectivity index (χ4v) is 6.34. The summed E-state index contributed by atoms with van der Waals surface area (Å²) in [5.41, 5.74) is 5.85. The number of ether oxygens (including phenoxy) is 1. The van der Waals surface area contributed by atoms with Crippen LogP contribution in [0, 0.1) is 20.8 Å². The van der Waals surface area contributed by atoms with Gasteiger partial charge < -0.3 is 10.1 Å². The van der Waals surface area contributed by atoms with E-state index < -0.39 is 11.9 Å². The standard InChI is InChI=1S/C24H25N3O3S2/c1-15-4-10-20(11-5-15)27-17(3)22(16(2)26-27)25-21(28)14-30-23(29)18-6-8-19(9-7-18)24-31-12-13-32-24/h4-11,24H,12-14H2,1-3H3,(H,25,28). The number of esters is 1. The molecule has 1 N–H and O–H groups in total. The average molecular weight is 468 g/mol. The number of anilines is 1. The van der Waals surface area contributed by atoms with Crippen LogP contribution in [0.15, 0.2) is 48.5 Å². The van der Waals surface area contributed by atoms with Crippen molar-refractivity contribution < 1.29 is 14.3 Å². The van der Waals surface area contributed by atoms with Crippen LogP contribution >= 0.6 is 23.5 Å². The van der Waals surface area contributed by atoms with Crippen LogP contribution in [0.1, 0.15) is 37.5 Å². The van der Waals surface area contributed by atoms with E-state index in [4.69, 9.17) is 4.74 Å². The largest absolute Gasteiger partial charge is 0.452 e. The van der Waals surface area contributed by atoms with Crippen molar-refractivity contribution in [3.63, 3.8) is 0 Å². The molecule has 0 aliphatic carbocycles. The highest BCUT2D eigenvalue weighted by molar-refractivity contribution is 8.19. The van der Waals surface area contributed by atoms with Gasteiger partial charge in [-0.3, -0.25) is 4.79 Å². The molecule has 0 spiro atoms. The first-order valence-electron chi connectivity index (χ1n) is 10.4. The van der Waals surface area contributed by atoms with Crippen LogP contribution in [0.4, 0.5) is 5.69 Å². The van der Waals surface area contributed by atoms with E-state index in [1.165, 1.54) is 5.56 Å². The monoisotopic (exact) mass is 467 g/mol. The lowest BCUT2D eigenvalue weighted by Gasteiger charge is -2.10. The molecular formula is C24H25N3O3S2. The molecule has 1 fully saturated rings. The second kappa shape index (κ2) is 9.83. The first kappa shape index (κ1) is 22.5. The molecule has 1 amide bonds. The number of hydrogen-bond donors (Lipinski definition) is 1. The van der Waals surface area contributed by atoms with Crippen molar-refractivity contribution in [2.45, 2.75) is 25.4 Å². The molecule has 1 saturated heterocycles. The number of amides is 1. The lowest BCUT2D eigenvalue weighted by molar-refractivity contribution is -0.119. The van der Waals surface area contributed by atoms with Gasteiger partial charge in [-0.1, -0.05) is 29.8 Å². The van der Waals surface area contributed by atoms with Gasteiger partial charge in [0.25, 0.3) is 5.91 Å². The topological polar surface area (TPSA) is 73.2 Å². The number of hydrogen-bond acceptors (Lipinski definition) is 6. The van der Waals surface area contributed by atoms with E-state index in [0.717, 1.165) is 28.5 Å². The minimum Gasteiger partial charge on any atom is -0.452 e. The summed E-state index contributed by atoms with van der Waals surface area (Å²) in [6.45, 7) is 5.40. The minimum absolute atomic E-state index is 0.358. The molecule has 0 bridgehead atoms. The number of nitrogens with one attached hydrogen (secondary N) is 1. The number of carbonyl (C=O) groups excluding carboxylic acids is 2. The van der Waals surface area contributed by atoms with Crippen molar-refractivity contribution in [3.8, 4) is 5.69 Å². The van der Waals surface area contributed by atoms with Crippen LogP contribution in [-0.2, 0) is 9.53 Å². The Morgan fingerprint density at radius 1 is 1.03 bits per heavy atom. The van der Waals surface area contributed by atoms with E-state index in [1.54, 1.807) is 16.8 Å². The predicted octanol–water partition coefficient (Wildman–Crippen LogP) is 5.07. The molecule has 1 aliphatic heterocycles. The summed E-state index contributed by atoms with van der Waals surface area (Å²) in [5, 5.41) is 7.37. The number of carbonyl (C=O) groups is 2. The zero-order valence-electron chi connectivity index (χ0n) is 18.3. The van der Waals surface area contributed by atoms with Crippen LogP contribution in [0.2, 0.25) is 0 Å². The van der Waals surface area contributed by atoms with Crippen LogP contribution < -0.4 is 5.32 Å². The Morgan fingerprint density at radius 2 is 1.69 bits per heavy atom. The van der Waals surface area contributed by atoms with Gasteiger partial charge in [0, 0.05) is 11.5 Å². The first-order valence-corrected chi connectivity index (χ1v) is 12.5. The molecule has 1 aliphatic rings. The predicted molar refractivity (Wildman–Crippen MR) is 131 cm³/mol. The summed E-state index contributed by atoms with van der Waals surface area (Å²) in [5.74, 6) is 1.39. The Balaban J connectivity index is 1.35. The summed E-state index contributed by atoms with van der Waals surface area (Å²) < 4.78 is 7.44. The third-order valence-electron chi connectivity index (χ3n) is 5.21. The average Bonchev–Trinajstić information content (AvgIpc) is 3.43. The van der Waals surface area contributed by atoms with E-state index in [0.29, 0.717) is 21.5 Å². The normalized spacial score (nSPS) is 13.8. The molecule has 1 aromatic heterocycles. The molecule has 0 atom stereocenters. The summed E-state index contributed by atoms with van der Waals surface area (Å²) in [6, 6.07) is 15.4. The Bertz CT molecular complexity index is 1120. The number of benzene rings is 2. The van der Waals surface area contributed by atoms with E-state index in [9.17, 15) is 9.59 Å². The second-order valence-electron chi connectivity index (χ2n) is 7.61. The molecule has 0 unspecified atom stereocenters. The van der Waals surface area contributed by atoms with Crippen LogP contribution in [0.25, 0.3) is 5.69 Å². The van der Waals surface area contributed by atoms with Crippen molar-refractivity contribution in [2.24, 2.45) is 0 Å². The Kier molecular flexibility index (Phi) is 6.91. The summed E-state index contributed by atoms with van der Waals surface area (Å²) >= 11 is 3.83. The van der Waals surface area contributed by atoms with E-state index in [1.807, 2.05) is 80.7 Å². The number of thioether (sulfide) groups is 2. The molecule has 0 radical (unpaired) electrons. The van der Waals surface area contributed by atoms with Crippen molar-refractivity contribution in [1.29, 1.82) is 0 Å². The van der Waals surface area contributed by atoms with Crippen LogP contribution in [-0.4, -0.2) is 39.8 Å². The van der Waals surface area contributed by atoms with Gasteiger partial charge in [-0.2, -0.15) is 5.10 Å². The van der Waals surface area contributed by atoms with Crippen molar-refractivity contribution in [3.05, 3.63) is 76.6 Å². The lowest BCUT2D eigenvalue weighted by Crippen LogP contribution is -2.21. The number of aryl methyl sites for hydroxylation is 2. The fourth-order valence-electron chi connectivity index (χ4n) is 3.48. The fraction of sp³-hybridized carbons (Fsp3) is 0.292. The number of aromatic nitrogens is 2. The van der Waals surface area contributed by atoms with Crippen molar-refractivity contribution in [1.82, 2.24) is 9.78 Å². The zero-order valence-corrected chi connectivity index (χ0v) is 19.9. The maximum Gasteiger partial charge on any atom is 0.338 e. The SMILES string of the molecule is Cc1ccc(-n2nc(C)c(NC(=O)COC(=O)c3ccc(C4SCCS4)cc3)c2C)cc1. The highest BCUT2D eigenvalue weighted by Crippen LogP contribution is 2.45. The van der Waals surface area contributed by atoms with Gasteiger partial charge in [0.15, 0.2) is 6.61 Å². The van der Waals surface area contributed by atoms with Crippen LogP contribution in [0.3, 0.4) is 0 Å². The van der Waals surface area contributed by atoms with E-state index in [-0.39, 0.29) is 6.61 Å². The molecule has 4 rings (SSSR count). The van der Waals surface area contributed by atoms with E-state index in [2.05, 4.69) is 10.4 Å². The minimum atomic E-state index is -0.512. The Labute approximate surface area is 196 Å². The quantitative estimate of drug-likeness (QED) is 0.510. The zero-order chi connectivity index (χ0) is 22.7. The number of nitrogens with zero attached hydrogens (tertiary/aromatic N) is 2. The molecule has 166 valence electrons. The Morgan fingerprint density at radius 3 is 2.34 bits per heavy atom. The van der Waals surface area contributed by atoms with Gasteiger partial charge in [0.2, 0.25) is 0 Å². The maximum atomic E-state index is 12.4. The Hall–Kier alpha value is -2.71. The highest BCUT2D eigenvalue weighted by Gasteiger charge is 2.20. The van der Waals surface area contributed by atoms with Gasteiger partial charge in [0.05, 0.1) is 32.9 Å². The van der Waals surface area contributed by atoms with Gasteiger partial charge in [-0.25, -0.2) is 9.48 Å². The lowest BCUT2D eigenvalue weighted by atomic mass is 10.1.